The highest BCUT2D eigenvalue weighted by molar-refractivity contribution is 7.15. The Kier molecular flexibility index (Phi) is 4.33. The Morgan fingerprint density at radius 2 is 2.14 bits per heavy atom. The molecule has 116 valence electrons. The minimum atomic E-state index is -0.249. The summed E-state index contributed by atoms with van der Waals surface area (Å²) in [5.74, 6) is -0.605. The third kappa shape index (κ3) is 3.41. The molecule has 0 aliphatic carbocycles. The van der Waals surface area contributed by atoms with Gasteiger partial charge in [0.2, 0.25) is 11.0 Å². The van der Waals surface area contributed by atoms with E-state index in [-0.39, 0.29) is 17.6 Å². The molecule has 7 heteroatoms. The monoisotopic (exact) mass is 320 g/mol. The number of rotatable bonds is 4. The number of nitrogens with zero attached hydrogens (tertiary/aromatic N) is 3. The molecule has 0 spiro atoms. The Hall–Kier alpha value is -2.02. The number of amides is 1. The molecule has 2 aromatic rings. The number of halogens is 1. The lowest BCUT2D eigenvalue weighted by atomic mass is 9.98. The summed E-state index contributed by atoms with van der Waals surface area (Å²) in [6.07, 6.45) is 2.40. The Morgan fingerprint density at radius 3 is 2.86 bits per heavy atom. The SMILES string of the molecule is NC(=O)C1CCCN(c2nnc(Cc3ccc(F)cc3)s2)C1. The highest BCUT2D eigenvalue weighted by Crippen LogP contribution is 2.27. The van der Waals surface area contributed by atoms with Gasteiger partial charge in [0, 0.05) is 19.5 Å². The number of anilines is 1. The zero-order valence-electron chi connectivity index (χ0n) is 12.0. The van der Waals surface area contributed by atoms with Gasteiger partial charge >= 0.3 is 0 Å². The van der Waals surface area contributed by atoms with Crippen LogP contribution >= 0.6 is 11.3 Å². The van der Waals surface area contributed by atoms with Crippen molar-refractivity contribution in [1.82, 2.24) is 10.2 Å². The van der Waals surface area contributed by atoms with Crippen molar-refractivity contribution in [1.29, 1.82) is 0 Å². The van der Waals surface area contributed by atoms with Gasteiger partial charge < -0.3 is 10.6 Å². The third-order valence-electron chi connectivity index (χ3n) is 3.82. The van der Waals surface area contributed by atoms with Gasteiger partial charge in [-0.1, -0.05) is 23.5 Å². The summed E-state index contributed by atoms with van der Waals surface area (Å²) in [7, 11) is 0. The van der Waals surface area contributed by atoms with Crippen molar-refractivity contribution in [3.05, 3.63) is 40.7 Å². The molecule has 0 saturated carbocycles. The maximum atomic E-state index is 12.9. The van der Waals surface area contributed by atoms with E-state index in [4.69, 9.17) is 5.73 Å². The van der Waals surface area contributed by atoms with Crippen LogP contribution in [0.15, 0.2) is 24.3 Å². The first-order valence-electron chi connectivity index (χ1n) is 7.23. The van der Waals surface area contributed by atoms with Crippen LogP contribution in [0.1, 0.15) is 23.4 Å². The van der Waals surface area contributed by atoms with Crippen LogP contribution < -0.4 is 10.6 Å². The van der Waals surface area contributed by atoms with Crippen molar-refractivity contribution in [2.24, 2.45) is 11.7 Å². The van der Waals surface area contributed by atoms with E-state index in [1.807, 2.05) is 0 Å². The number of nitrogens with two attached hydrogens (primary N) is 1. The number of carbonyl (C=O) groups is 1. The smallest absolute Gasteiger partial charge is 0.222 e. The van der Waals surface area contributed by atoms with Crippen molar-refractivity contribution in [3.8, 4) is 0 Å². The number of hydrogen-bond donors (Lipinski definition) is 1. The zero-order valence-corrected chi connectivity index (χ0v) is 12.9. The van der Waals surface area contributed by atoms with Crippen LogP contribution in [-0.2, 0) is 11.2 Å². The fraction of sp³-hybridized carbons (Fsp3) is 0.400. The first-order chi connectivity index (χ1) is 10.6. The summed E-state index contributed by atoms with van der Waals surface area (Å²) < 4.78 is 12.9. The summed E-state index contributed by atoms with van der Waals surface area (Å²) >= 11 is 1.51. The van der Waals surface area contributed by atoms with E-state index in [1.54, 1.807) is 12.1 Å². The second-order valence-corrected chi connectivity index (χ2v) is 6.51. The topological polar surface area (TPSA) is 72.1 Å². The van der Waals surface area contributed by atoms with Crippen molar-refractivity contribution < 1.29 is 9.18 Å². The van der Waals surface area contributed by atoms with Gasteiger partial charge in [0.05, 0.1) is 5.92 Å². The summed E-state index contributed by atoms with van der Waals surface area (Å²) in [6.45, 7) is 1.48. The predicted molar refractivity (Wildman–Crippen MR) is 83.2 cm³/mol. The number of benzene rings is 1. The van der Waals surface area contributed by atoms with Gasteiger partial charge in [-0.3, -0.25) is 4.79 Å². The predicted octanol–water partition coefficient (Wildman–Crippen LogP) is 1.97. The van der Waals surface area contributed by atoms with Crippen LogP contribution in [0.4, 0.5) is 9.52 Å². The number of piperidine rings is 1. The molecule has 2 heterocycles. The second kappa shape index (κ2) is 6.39. The minimum Gasteiger partial charge on any atom is -0.369 e. The number of primary amides is 1. The van der Waals surface area contributed by atoms with E-state index in [9.17, 15) is 9.18 Å². The molecule has 1 unspecified atom stereocenters. The van der Waals surface area contributed by atoms with E-state index in [0.29, 0.717) is 13.0 Å². The lowest BCUT2D eigenvalue weighted by Crippen LogP contribution is -2.41. The zero-order chi connectivity index (χ0) is 15.5. The fourth-order valence-corrected chi connectivity index (χ4v) is 3.51. The fourth-order valence-electron chi connectivity index (χ4n) is 2.60. The first-order valence-corrected chi connectivity index (χ1v) is 8.04. The van der Waals surface area contributed by atoms with Gasteiger partial charge in [0.15, 0.2) is 0 Å². The Balaban J connectivity index is 1.68. The standard InChI is InChI=1S/C15H17FN4OS/c16-12-5-3-10(4-6-12)8-13-18-19-15(22-13)20-7-1-2-11(9-20)14(17)21/h3-6,11H,1-2,7-9H2,(H2,17,21). The van der Waals surface area contributed by atoms with E-state index in [1.165, 1.54) is 23.5 Å². The first kappa shape index (κ1) is 14.9. The maximum Gasteiger partial charge on any atom is 0.222 e. The van der Waals surface area contributed by atoms with Crippen molar-refractivity contribution >= 4 is 22.4 Å². The summed E-state index contributed by atoms with van der Waals surface area (Å²) in [4.78, 5) is 13.4. The molecule has 1 aliphatic heterocycles. The number of aromatic nitrogens is 2. The Bertz CT molecular complexity index is 658. The van der Waals surface area contributed by atoms with Crippen molar-refractivity contribution in [2.75, 3.05) is 18.0 Å². The third-order valence-corrected chi connectivity index (χ3v) is 4.80. The Morgan fingerprint density at radius 1 is 1.36 bits per heavy atom. The lowest BCUT2D eigenvalue weighted by Gasteiger charge is -2.30. The number of carbonyl (C=O) groups excluding carboxylic acids is 1. The molecular weight excluding hydrogens is 303 g/mol. The van der Waals surface area contributed by atoms with Gasteiger partial charge in [0.25, 0.3) is 0 Å². The van der Waals surface area contributed by atoms with Crippen molar-refractivity contribution in [3.63, 3.8) is 0 Å². The largest absolute Gasteiger partial charge is 0.369 e. The minimum absolute atomic E-state index is 0.113. The van der Waals surface area contributed by atoms with E-state index in [2.05, 4.69) is 15.1 Å². The molecule has 1 fully saturated rings. The van der Waals surface area contributed by atoms with Gasteiger partial charge in [-0.05, 0) is 30.5 Å². The van der Waals surface area contributed by atoms with Crippen LogP contribution in [0.25, 0.3) is 0 Å². The molecule has 1 amide bonds. The maximum absolute atomic E-state index is 12.9. The van der Waals surface area contributed by atoms with Crippen LogP contribution in [0.2, 0.25) is 0 Å². The molecule has 1 saturated heterocycles. The molecule has 1 aromatic heterocycles. The Labute approximate surface area is 132 Å². The molecule has 0 radical (unpaired) electrons. The van der Waals surface area contributed by atoms with Crippen LogP contribution in [0.5, 0.6) is 0 Å². The normalized spacial score (nSPS) is 18.4. The molecule has 3 rings (SSSR count). The van der Waals surface area contributed by atoms with Crippen molar-refractivity contribution in [2.45, 2.75) is 19.3 Å². The number of hydrogen-bond acceptors (Lipinski definition) is 5. The van der Waals surface area contributed by atoms with E-state index >= 15 is 0 Å². The molecule has 22 heavy (non-hydrogen) atoms. The molecule has 2 N–H and O–H groups in total. The van der Waals surface area contributed by atoms with Gasteiger partial charge in [-0.15, -0.1) is 10.2 Å². The molecule has 0 bridgehead atoms. The molecule has 1 atom stereocenters. The molecule has 1 aromatic carbocycles. The highest BCUT2D eigenvalue weighted by atomic mass is 32.1. The quantitative estimate of drug-likeness (QED) is 0.935. The molecule has 1 aliphatic rings. The second-order valence-electron chi connectivity index (χ2n) is 5.47. The van der Waals surface area contributed by atoms with Crippen LogP contribution in [0.3, 0.4) is 0 Å². The van der Waals surface area contributed by atoms with Gasteiger partial charge in [-0.2, -0.15) is 0 Å². The average molecular weight is 320 g/mol. The molecular formula is C15H17FN4OS. The van der Waals surface area contributed by atoms with E-state index in [0.717, 1.165) is 35.1 Å². The van der Waals surface area contributed by atoms with E-state index < -0.39 is 0 Å². The summed E-state index contributed by atoms with van der Waals surface area (Å²) in [5, 5.41) is 10.1. The highest BCUT2D eigenvalue weighted by Gasteiger charge is 2.26. The summed E-state index contributed by atoms with van der Waals surface area (Å²) in [5.41, 5.74) is 6.40. The lowest BCUT2D eigenvalue weighted by molar-refractivity contribution is -0.122. The summed E-state index contributed by atoms with van der Waals surface area (Å²) in [6, 6.07) is 6.39. The van der Waals surface area contributed by atoms with Gasteiger partial charge in [-0.25, -0.2) is 4.39 Å². The van der Waals surface area contributed by atoms with Crippen LogP contribution in [0, 0.1) is 11.7 Å². The van der Waals surface area contributed by atoms with Crippen LogP contribution in [-0.4, -0.2) is 29.2 Å². The molecule has 5 nitrogen and oxygen atoms in total. The van der Waals surface area contributed by atoms with Gasteiger partial charge in [0.1, 0.15) is 10.8 Å². The average Bonchev–Trinajstić information content (AvgIpc) is 2.98.